The molecule has 0 aliphatic heterocycles. The minimum Gasteiger partial charge on any atom is -0.462 e. The van der Waals surface area contributed by atoms with Crippen molar-refractivity contribution in [3.05, 3.63) is 0 Å². The Morgan fingerprint density at radius 1 is 0.333 bits per heavy atom. The largest absolute Gasteiger partial charge is 0.462 e. The van der Waals surface area contributed by atoms with Crippen molar-refractivity contribution in [3.8, 4) is 0 Å². The lowest BCUT2D eigenvalue weighted by molar-refractivity contribution is -0.167. The summed E-state index contributed by atoms with van der Waals surface area (Å²) in [6.07, 6.45) is 52.2. The third-order valence-electron chi connectivity index (χ3n) is 13.3. The van der Waals surface area contributed by atoms with Crippen molar-refractivity contribution < 1.29 is 28.6 Å². The Bertz CT molecular complexity index is 964. The van der Waals surface area contributed by atoms with Crippen molar-refractivity contribution in [3.63, 3.8) is 0 Å². The van der Waals surface area contributed by atoms with E-state index in [1.165, 1.54) is 205 Å². The predicted molar refractivity (Wildman–Crippen MR) is 270 cm³/mol. The first-order valence-electron chi connectivity index (χ1n) is 28.3. The van der Waals surface area contributed by atoms with Gasteiger partial charge in [-0.25, -0.2) is 0 Å². The summed E-state index contributed by atoms with van der Waals surface area (Å²) < 4.78 is 16.9. The molecular weight excluding hydrogens is 781 g/mol. The SMILES string of the molecule is CCCCCCCCCCCCCC(=O)OC[C@@H](COC(=O)CCCCCCCCCCCCCCCCC(C)CC)OC(=O)CCCCCCCCCCCCCCCC(C)C. The van der Waals surface area contributed by atoms with E-state index in [9.17, 15) is 14.4 Å². The number of rotatable bonds is 51. The molecule has 0 saturated heterocycles. The van der Waals surface area contributed by atoms with Gasteiger partial charge in [0.2, 0.25) is 0 Å². The van der Waals surface area contributed by atoms with Gasteiger partial charge in [0.25, 0.3) is 0 Å². The van der Waals surface area contributed by atoms with Gasteiger partial charge < -0.3 is 14.2 Å². The zero-order chi connectivity index (χ0) is 46.1. The summed E-state index contributed by atoms with van der Waals surface area (Å²) in [7, 11) is 0. The maximum absolute atomic E-state index is 12.8. The van der Waals surface area contributed by atoms with Gasteiger partial charge in [-0.05, 0) is 31.1 Å². The van der Waals surface area contributed by atoms with Crippen LogP contribution in [-0.2, 0) is 28.6 Å². The first kappa shape index (κ1) is 61.4. The fraction of sp³-hybridized carbons (Fsp3) is 0.947. The molecule has 0 heterocycles. The summed E-state index contributed by atoms with van der Waals surface area (Å²) in [5.74, 6) is 0.892. The molecule has 6 nitrogen and oxygen atoms in total. The summed E-state index contributed by atoms with van der Waals surface area (Å²) in [6, 6.07) is 0. The number of esters is 3. The van der Waals surface area contributed by atoms with Crippen LogP contribution in [0.5, 0.6) is 0 Å². The Labute approximate surface area is 393 Å². The molecule has 0 fully saturated rings. The van der Waals surface area contributed by atoms with Crippen LogP contribution in [0.4, 0.5) is 0 Å². The summed E-state index contributed by atoms with van der Waals surface area (Å²) >= 11 is 0. The molecule has 0 amide bonds. The van der Waals surface area contributed by atoms with Gasteiger partial charge in [-0.15, -0.1) is 0 Å². The molecule has 1 unspecified atom stereocenters. The minimum absolute atomic E-state index is 0.0628. The van der Waals surface area contributed by atoms with Crippen LogP contribution in [0, 0.1) is 11.8 Å². The third-order valence-corrected chi connectivity index (χ3v) is 13.3. The number of carbonyl (C=O) groups excluding carboxylic acids is 3. The standard InChI is InChI=1S/C57H110O6/c1-6-8-9-10-11-12-20-27-32-37-42-47-55(58)61-50-54(63-57(60)49-44-39-34-29-24-19-15-16-21-25-30-35-40-45-52(3)4)51-62-56(59)48-43-38-33-28-23-18-14-13-17-22-26-31-36-41-46-53(5)7-2/h52-54H,6-51H2,1-5H3/t53?,54-/m0/s1. The van der Waals surface area contributed by atoms with Gasteiger partial charge in [0, 0.05) is 19.3 Å². The van der Waals surface area contributed by atoms with Gasteiger partial charge in [-0.2, -0.15) is 0 Å². The number of unbranched alkanes of at least 4 members (excludes halogenated alkanes) is 35. The molecule has 0 aromatic heterocycles. The van der Waals surface area contributed by atoms with Crippen LogP contribution in [0.2, 0.25) is 0 Å². The Kier molecular flexibility index (Phi) is 48.6. The van der Waals surface area contributed by atoms with E-state index in [0.717, 1.165) is 69.6 Å². The number of hydrogen-bond acceptors (Lipinski definition) is 6. The van der Waals surface area contributed by atoms with E-state index >= 15 is 0 Å². The smallest absolute Gasteiger partial charge is 0.306 e. The monoisotopic (exact) mass is 891 g/mol. The zero-order valence-electron chi connectivity index (χ0n) is 43.2. The molecule has 0 bridgehead atoms. The van der Waals surface area contributed by atoms with Crippen LogP contribution in [0.1, 0.15) is 317 Å². The van der Waals surface area contributed by atoms with E-state index in [1.54, 1.807) is 0 Å². The Morgan fingerprint density at radius 2 is 0.603 bits per heavy atom. The maximum Gasteiger partial charge on any atom is 0.306 e. The highest BCUT2D eigenvalue weighted by atomic mass is 16.6. The molecule has 2 atom stereocenters. The van der Waals surface area contributed by atoms with Crippen LogP contribution in [0.15, 0.2) is 0 Å². The molecule has 0 spiro atoms. The van der Waals surface area contributed by atoms with Crippen molar-refractivity contribution in [2.24, 2.45) is 11.8 Å². The number of hydrogen-bond donors (Lipinski definition) is 0. The lowest BCUT2D eigenvalue weighted by Gasteiger charge is -2.18. The zero-order valence-corrected chi connectivity index (χ0v) is 43.2. The molecule has 63 heavy (non-hydrogen) atoms. The van der Waals surface area contributed by atoms with Crippen molar-refractivity contribution in [1.29, 1.82) is 0 Å². The second-order valence-corrected chi connectivity index (χ2v) is 20.3. The molecule has 0 aromatic carbocycles. The molecule has 0 N–H and O–H groups in total. The summed E-state index contributed by atoms with van der Waals surface area (Å²) in [4.78, 5) is 38.1. The summed E-state index contributed by atoms with van der Waals surface area (Å²) in [5, 5.41) is 0. The summed E-state index contributed by atoms with van der Waals surface area (Å²) in [5.41, 5.74) is 0. The average Bonchev–Trinajstić information content (AvgIpc) is 3.27. The highest BCUT2D eigenvalue weighted by Gasteiger charge is 2.19. The van der Waals surface area contributed by atoms with Crippen molar-refractivity contribution >= 4 is 17.9 Å². The van der Waals surface area contributed by atoms with Gasteiger partial charge in [-0.3, -0.25) is 14.4 Å². The van der Waals surface area contributed by atoms with Gasteiger partial charge in [0.1, 0.15) is 13.2 Å². The highest BCUT2D eigenvalue weighted by Crippen LogP contribution is 2.18. The quantitative estimate of drug-likeness (QED) is 0.0344. The lowest BCUT2D eigenvalue weighted by atomic mass is 9.99. The van der Waals surface area contributed by atoms with E-state index in [1.807, 2.05) is 0 Å². The van der Waals surface area contributed by atoms with Crippen LogP contribution < -0.4 is 0 Å². The van der Waals surface area contributed by atoms with Crippen molar-refractivity contribution in [2.75, 3.05) is 13.2 Å². The summed E-state index contributed by atoms with van der Waals surface area (Å²) in [6.45, 7) is 11.4. The van der Waals surface area contributed by atoms with E-state index < -0.39 is 6.10 Å². The van der Waals surface area contributed by atoms with Crippen molar-refractivity contribution in [2.45, 2.75) is 323 Å². The van der Waals surface area contributed by atoms with Crippen LogP contribution in [0.3, 0.4) is 0 Å². The molecule has 0 aliphatic rings. The molecule has 0 radical (unpaired) electrons. The number of carbonyl (C=O) groups is 3. The maximum atomic E-state index is 12.8. The fourth-order valence-corrected chi connectivity index (χ4v) is 8.66. The third kappa shape index (κ3) is 49.7. The molecular formula is C57H110O6. The van der Waals surface area contributed by atoms with Crippen LogP contribution in [0.25, 0.3) is 0 Å². The Hall–Kier alpha value is -1.59. The van der Waals surface area contributed by atoms with Crippen LogP contribution in [-0.4, -0.2) is 37.2 Å². The first-order valence-corrected chi connectivity index (χ1v) is 28.3. The van der Waals surface area contributed by atoms with E-state index in [-0.39, 0.29) is 31.1 Å². The Balaban J connectivity index is 4.27. The second-order valence-electron chi connectivity index (χ2n) is 20.3. The number of ether oxygens (including phenoxy) is 3. The highest BCUT2D eigenvalue weighted by molar-refractivity contribution is 5.71. The topological polar surface area (TPSA) is 78.9 Å². The normalized spacial score (nSPS) is 12.5. The van der Waals surface area contributed by atoms with Gasteiger partial charge in [0.05, 0.1) is 0 Å². The fourth-order valence-electron chi connectivity index (χ4n) is 8.66. The van der Waals surface area contributed by atoms with Gasteiger partial charge in [-0.1, -0.05) is 279 Å². The molecule has 0 aromatic rings. The minimum atomic E-state index is -0.762. The van der Waals surface area contributed by atoms with E-state index in [4.69, 9.17) is 14.2 Å². The van der Waals surface area contributed by atoms with E-state index in [0.29, 0.717) is 19.3 Å². The predicted octanol–water partition coefficient (Wildman–Crippen LogP) is 18.5. The molecule has 0 saturated carbocycles. The first-order chi connectivity index (χ1) is 30.8. The molecule has 0 rings (SSSR count). The van der Waals surface area contributed by atoms with Crippen molar-refractivity contribution in [1.82, 2.24) is 0 Å². The Morgan fingerprint density at radius 3 is 0.905 bits per heavy atom. The van der Waals surface area contributed by atoms with Gasteiger partial charge in [0.15, 0.2) is 6.10 Å². The van der Waals surface area contributed by atoms with Crippen LogP contribution >= 0.6 is 0 Å². The molecule has 374 valence electrons. The molecule has 6 heteroatoms. The van der Waals surface area contributed by atoms with Gasteiger partial charge >= 0.3 is 17.9 Å². The van der Waals surface area contributed by atoms with E-state index in [2.05, 4.69) is 34.6 Å². The average molecular weight is 892 g/mol. The molecule has 0 aliphatic carbocycles. The second kappa shape index (κ2) is 49.8. The lowest BCUT2D eigenvalue weighted by Crippen LogP contribution is -2.30.